The van der Waals surface area contributed by atoms with Crippen molar-refractivity contribution in [3.8, 4) is 0 Å². The number of anilines is 1. The van der Waals surface area contributed by atoms with Crippen LogP contribution in [0.5, 0.6) is 0 Å². The van der Waals surface area contributed by atoms with Crippen molar-refractivity contribution in [2.75, 3.05) is 32.5 Å². The van der Waals surface area contributed by atoms with Crippen LogP contribution >= 0.6 is 15.9 Å². The van der Waals surface area contributed by atoms with E-state index in [1.807, 2.05) is 12.1 Å². The minimum atomic E-state index is -0.578. The molecule has 0 radical (unpaired) electrons. The van der Waals surface area contributed by atoms with Crippen LogP contribution < -0.4 is 16.0 Å². The van der Waals surface area contributed by atoms with E-state index >= 15 is 0 Å². The maximum Gasteiger partial charge on any atom is 0.321 e. The van der Waals surface area contributed by atoms with E-state index < -0.39 is 11.9 Å². The number of amides is 4. The minimum Gasteiger partial charge on any atom is -0.341 e. The number of rotatable bonds is 5. The summed E-state index contributed by atoms with van der Waals surface area (Å²) in [5.74, 6) is -0.734. The molecule has 0 aliphatic carbocycles. The van der Waals surface area contributed by atoms with Crippen molar-refractivity contribution in [2.45, 2.75) is 0 Å². The van der Waals surface area contributed by atoms with Crippen LogP contribution in [0, 0.1) is 0 Å². The summed E-state index contributed by atoms with van der Waals surface area (Å²) >= 11 is 3.33. The predicted octanol–water partition coefficient (Wildman–Crippen LogP) is 0.775. The highest BCUT2D eigenvalue weighted by Crippen LogP contribution is 2.20. The Morgan fingerprint density at radius 1 is 1.14 bits per heavy atom. The molecule has 0 aliphatic heterocycles. The molecule has 1 aromatic rings. The fourth-order valence-corrected chi connectivity index (χ4v) is 1.91. The highest BCUT2D eigenvalue weighted by molar-refractivity contribution is 9.10. The van der Waals surface area contributed by atoms with Crippen molar-refractivity contribution in [1.29, 1.82) is 0 Å². The lowest BCUT2D eigenvalue weighted by Crippen LogP contribution is -2.44. The Hall–Kier alpha value is -1.93. The number of halogens is 1. The summed E-state index contributed by atoms with van der Waals surface area (Å²) in [4.78, 5) is 35.8. The molecule has 0 heterocycles. The van der Waals surface area contributed by atoms with E-state index in [-0.39, 0.29) is 19.0 Å². The molecule has 0 spiro atoms. The van der Waals surface area contributed by atoms with Gasteiger partial charge in [-0.2, -0.15) is 0 Å². The first-order valence-electron chi connectivity index (χ1n) is 6.17. The van der Waals surface area contributed by atoms with Crippen LogP contribution in [-0.2, 0) is 9.59 Å². The Balaban J connectivity index is 2.42. The van der Waals surface area contributed by atoms with Crippen LogP contribution in [0.2, 0.25) is 0 Å². The largest absolute Gasteiger partial charge is 0.341 e. The Kier molecular flexibility index (Phi) is 6.83. The number of para-hydroxylation sites is 1. The summed E-state index contributed by atoms with van der Waals surface area (Å²) < 4.78 is 0.776. The quantitative estimate of drug-likeness (QED) is 0.726. The van der Waals surface area contributed by atoms with Crippen molar-refractivity contribution < 1.29 is 14.4 Å². The van der Waals surface area contributed by atoms with Crippen molar-refractivity contribution in [2.24, 2.45) is 0 Å². The summed E-state index contributed by atoms with van der Waals surface area (Å²) in [7, 11) is 3.03. The Morgan fingerprint density at radius 3 is 2.38 bits per heavy atom. The number of likely N-dealkylation sites (N-methyl/N-ethyl adjacent to an activating group) is 1. The molecule has 0 aliphatic rings. The summed E-state index contributed by atoms with van der Waals surface area (Å²) in [6.45, 7) is -0.0285. The van der Waals surface area contributed by atoms with Gasteiger partial charge in [-0.25, -0.2) is 4.79 Å². The number of carbonyl (C=O) groups is 3. The topological polar surface area (TPSA) is 90.5 Å². The fourth-order valence-electron chi connectivity index (χ4n) is 1.53. The van der Waals surface area contributed by atoms with Crippen LogP contribution in [0.3, 0.4) is 0 Å². The molecular formula is C13H17BrN4O3. The van der Waals surface area contributed by atoms with Gasteiger partial charge < -0.3 is 10.6 Å². The lowest BCUT2D eigenvalue weighted by atomic mass is 10.3. The van der Waals surface area contributed by atoms with E-state index in [4.69, 9.17) is 0 Å². The van der Waals surface area contributed by atoms with Gasteiger partial charge in [0.2, 0.25) is 11.8 Å². The second-order valence-electron chi connectivity index (χ2n) is 4.33. The molecule has 7 nitrogen and oxygen atoms in total. The third kappa shape index (κ3) is 6.37. The number of carbonyl (C=O) groups excluding carboxylic acids is 3. The number of nitrogens with one attached hydrogen (secondary N) is 3. The van der Waals surface area contributed by atoms with Crippen molar-refractivity contribution in [3.05, 3.63) is 28.7 Å². The van der Waals surface area contributed by atoms with Crippen LogP contribution in [0.1, 0.15) is 0 Å². The van der Waals surface area contributed by atoms with Crippen molar-refractivity contribution >= 4 is 39.5 Å². The Labute approximate surface area is 131 Å². The molecule has 0 saturated carbocycles. The lowest BCUT2D eigenvalue weighted by Gasteiger charge is -2.16. The molecule has 21 heavy (non-hydrogen) atoms. The summed E-state index contributed by atoms with van der Waals surface area (Å²) in [5, 5.41) is 7.13. The molecule has 3 N–H and O–H groups in total. The molecule has 0 aromatic heterocycles. The highest BCUT2D eigenvalue weighted by atomic mass is 79.9. The average Bonchev–Trinajstić information content (AvgIpc) is 2.40. The zero-order chi connectivity index (χ0) is 15.8. The van der Waals surface area contributed by atoms with Gasteiger partial charge in [-0.3, -0.25) is 19.8 Å². The fraction of sp³-hybridized carbons (Fsp3) is 0.308. The third-order valence-corrected chi connectivity index (χ3v) is 3.15. The molecule has 114 valence electrons. The number of imide groups is 1. The van der Waals surface area contributed by atoms with Gasteiger partial charge in [-0.15, -0.1) is 0 Å². The van der Waals surface area contributed by atoms with Gasteiger partial charge in [0.25, 0.3) is 0 Å². The molecule has 1 rings (SSSR count). The molecular weight excluding hydrogens is 340 g/mol. The summed E-state index contributed by atoms with van der Waals surface area (Å²) in [6, 6.07) is 6.65. The molecule has 0 fully saturated rings. The second kappa shape index (κ2) is 8.38. The molecule has 4 amide bonds. The van der Waals surface area contributed by atoms with Gasteiger partial charge in [-0.1, -0.05) is 12.1 Å². The molecule has 0 atom stereocenters. The SMILES string of the molecule is CNC(=O)NC(=O)CN(C)CC(=O)Nc1ccccc1Br. The van der Waals surface area contributed by atoms with Crippen LogP contribution in [0.15, 0.2) is 28.7 Å². The van der Waals surface area contributed by atoms with E-state index in [1.165, 1.54) is 11.9 Å². The van der Waals surface area contributed by atoms with Gasteiger partial charge in [0.15, 0.2) is 0 Å². The molecule has 8 heteroatoms. The standard InChI is InChI=1S/C13H17BrN4O3/c1-15-13(21)17-12(20)8-18(2)7-11(19)16-10-6-4-3-5-9(10)14/h3-6H,7-8H2,1-2H3,(H,16,19)(H2,15,17,20,21). The van der Waals surface area contributed by atoms with E-state index in [0.29, 0.717) is 5.69 Å². The number of nitrogens with zero attached hydrogens (tertiary/aromatic N) is 1. The monoisotopic (exact) mass is 356 g/mol. The van der Waals surface area contributed by atoms with E-state index in [0.717, 1.165) is 4.47 Å². The second-order valence-corrected chi connectivity index (χ2v) is 5.18. The average molecular weight is 357 g/mol. The van der Waals surface area contributed by atoms with E-state index in [1.54, 1.807) is 19.2 Å². The molecule has 0 bridgehead atoms. The Morgan fingerprint density at radius 2 is 1.76 bits per heavy atom. The highest BCUT2D eigenvalue weighted by Gasteiger charge is 2.13. The van der Waals surface area contributed by atoms with Gasteiger partial charge in [0, 0.05) is 11.5 Å². The Bertz CT molecular complexity index is 536. The van der Waals surface area contributed by atoms with Gasteiger partial charge in [0.05, 0.1) is 18.8 Å². The van der Waals surface area contributed by atoms with E-state index in [2.05, 4.69) is 31.9 Å². The number of benzene rings is 1. The number of urea groups is 1. The first kappa shape index (κ1) is 17.1. The smallest absolute Gasteiger partial charge is 0.321 e. The van der Waals surface area contributed by atoms with Crippen LogP contribution in [0.4, 0.5) is 10.5 Å². The van der Waals surface area contributed by atoms with Crippen LogP contribution in [0.25, 0.3) is 0 Å². The predicted molar refractivity (Wildman–Crippen MR) is 82.9 cm³/mol. The lowest BCUT2D eigenvalue weighted by molar-refractivity contribution is -0.122. The maximum absolute atomic E-state index is 11.9. The first-order valence-corrected chi connectivity index (χ1v) is 6.96. The molecule has 1 aromatic carbocycles. The number of hydrogen-bond donors (Lipinski definition) is 3. The van der Waals surface area contributed by atoms with Crippen molar-refractivity contribution in [3.63, 3.8) is 0 Å². The first-order chi connectivity index (χ1) is 9.92. The number of hydrogen-bond acceptors (Lipinski definition) is 4. The molecule has 0 unspecified atom stereocenters. The molecule has 0 saturated heterocycles. The van der Waals surface area contributed by atoms with E-state index in [9.17, 15) is 14.4 Å². The van der Waals surface area contributed by atoms with Gasteiger partial charge >= 0.3 is 6.03 Å². The minimum absolute atomic E-state index is 0.0303. The zero-order valence-electron chi connectivity index (χ0n) is 11.8. The normalized spacial score (nSPS) is 10.1. The van der Waals surface area contributed by atoms with Gasteiger partial charge in [0.1, 0.15) is 0 Å². The third-order valence-electron chi connectivity index (χ3n) is 2.46. The maximum atomic E-state index is 11.9. The zero-order valence-corrected chi connectivity index (χ0v) is 13.4. The van der Waals surface area contributed by atoms with Crippen molar-refractivity contribution in [1.82, 2.24) is 15.5 Å². The summed E-state index contributed by atoms with van der Waals surface area (Å²) in [6.07, 6.45) is 0. The summed E-state index contributed by atoms with van der Waals surface area (Å²) in [5.41, 5.74) is 0.658. The van der Waals surface area contributed by atoms with Gasteiger partial charge in [-0.05, 0) is 35.1 Å². The van der Waals surface area contributed by atoms with Crippen LogP contribution in [-0.4, -0.2) is 49.9 Å².